The molecule has 0 aliphatic rings. The number of hydrogen-bond donors (Lipinski definition) is 0. The SMILES string of the molecule is CCCCCCCCC(=O)Cc1ccncc1. The average Bonchev–Trinajstić information content (AvgIpc) is 2.35. The van der Waals surface area contributed by atoms with Crippen molar-refractivity contribution >= 4 is 5.78 Å². The highest BCUT2D eigenvalue weighted by Crippen LogP contribution is 2.08. The van der Waals surface area contributed by atoms with Crippen molar-refractivity contribution in [1.82, 2.24) is 4.98 Å². The zero-order chi connectivity index (χ0) is 12.3. The number of Topliss-reactive ketones (excluding diaryl/α,β-unsaturated/α-hetero) is 1. The zero-order valence-corrected chi connectivity index (χ0v) is 10.8. The first-order valence-electron chi connectivity index (χ1n) is 6.73. The molecule has 1 heterocycles. The van der Waals surface area contributed by atoms with Gasteiger partial charge in [0.25, 0.3) is 0 Å². The van der Waals surface area contributed by atoms with Crippen molar-refractivity contribution in [3.05, 3.63) is 30.1 Å². The summed E-state index contributed by atoms with van der Waals surface area (Å²) in [5.41, 5.74) is 1.08. The van der Waals surface area contributed by atoms with E-state index < -0.39 is 0 Å². The van der Waals surface area contributed by atoms with Gasteiger partial charge in [0.05, 0.1) is 0 Å². The highest BCUT2D eigenvalue weighted by atomic mass is 16.1. The van der Waals surface area contributed by atoms with Gasteiger partial charge < -0.3 is 0 Å². The standard InChI is InChI=1S/C15H23NO/c1-2-3-4-5-6-7-8-15(17)13-14-9-11-16-12-10-14/h9-12H,2-8,13H2,1H3. The molecule has 0 saturated carbocycles. The lowest BCUT2D eigenvalue weighted by Gasteiger charge is -2.01. The lowest BCUT2D eigenvalue weighted by molar-refractivity contribution is -0.118. The summed E-state index contributed by atoms with van der Waals surface area (Å²) in [6.45, 7) is 2.22. The van der Waals surface area contributed by atoms with E-state index >= 15 is 0 Å². The van der Waals surface area contributed by atoms with Gasteiger partial charge in [-0.05, 0) is 24.1 Å². The summed E-state index contributed by atoms with van der Waals surface area (Å²) >= 11 is 0. The Morgan fingerprint density at radius 2 is 1.71 bits per heavy atom. The minimum atomic E-state index is 0.353. The Morgan fingerprint density at radius 1 is 1.06 bits per heavy atom. The summed E-state index contributed by atoms with van der Waals surface area (Å²) in [5.74, 6) is 0.353. The third-order valence-corrected chi connectivity index (χ3v) is 2.96. The summed E-state index contributed by atoms with van der Waals surface area (Å²) in [6, 6.07) is 3.83. The number of rotatable bonds is 9. The van der Waals surface area contributed by atoms with E-state index in [0.717, 1.165) is 18.4 Å². The summed E-state index contributed by atoms with van der Waals surface area (Å²) in [5, 5.41) is 0. The number of carbonyl (C=O) groups is 1. The highest BCUT2D eigenvalue weighted by molar-refractivity contribution is 5.80. The van der Waals surface area contributed by atoms with Gasteiger partial charge in [-0.25, -0.2) is 0 Å². The van der Waals surface area contributed by atoms with Gasteiger partial charge in [0, 0.05) is 25.2 Å². The quantitative estimate of drug-likeness (QED) is 0.605. The molecule has 0 amide bonds. The summed E-state index contributed by atoms with van der Waals surface area (Å²) in [6.07, 6.45) is 12.2. The number of ketones is 1. The highest BCUT2D eigenvalue weighted by Gasteiger charge is 2.03. The van der Waals surface area contributed by atoms with Crippen LogP contribution in [-0.2, 0) is 11.2 Å². The minimum absolute atomic E-state index is 0.353. The monoisotopic (exact) mass is 233 g/mol. The van der Waals surface area contributed by atoms with Crippen LogP contribution in [0.25, 0.3) is 0 Å². The van der Waals surface area contributed by atoms with Gasteiger partial charge in [0.15, 0.2) is 0 Å². The molecule has 94 valence electrons. The second-order valence-electron chi connectivity index (χ2n) is 4.59. The Kier molecular flexibility index (Phi) is 7.28. The van der Waals surface area contributed by atoms with E-state index in [4.69, 9.17) is 0 Å². The van der Waals surface area contributed by atoms with E-state index in [0.29, 0.717) is 12.2 Å². The van der Waals surface area contributed by atoms with Crippen LogP contribution < -0.4 is 0 Å². The molecule has 0 fully saturated rings. The third-order valence-electron chi connectivity index (χ3n) is 2.96. The van der Waals surface area contributed by atoms with Gasteiger partial charge in [0.1, 0.15) is 5.78 Å². The van der Waals surface area contributed by atoms with Crippen molar-refractivity contribution in [2.75, 3.05) is 0 Å². The van der Waals surface area contributed by atoms with Crippen molar-refractivity contribution < 1.29 is 4.79 Å². The molecule has 0 aliphatic carbocycles. The smallest absolute Gasteiger partial charge is 0.137 e. The largest absolute Gasteiger partial charge is 0.299 e. The van der Waals surface area contributed by atoms with Crippen LogP contribution in [0.2, 0.25) is 0 Å². The van der Waals surface area contributed by atoms with E-state index in [1.807, 2.05) is 12.1 Å². The van der Waals surface area contributed by atoms with Crippen molar-refractivity contribution in [1.29, 1.82) is 0 Å². The molecule has 0 unspecified atom stereocenters. The fourth-order valence-corrected chi connectivity index (χ4v) is 1.92. The maximum Gasteiger partial charge on any atom is 0.137 e. The number of unbranched alkanes of at least 4 members (excludes halogenated alkanes) is 5. The average molecular weight is 233 g/mol. The lowest BCUT2D eigenvalue weighted by atomic mass is 10.0. The number of hydrogen-bond acceptors (Lipinski definition) is 2. The molecule has 0 aliphatic heterocycles. The normalized spacial score (nSPS) is 10.4. The van der Waals surface area contributed by atoms with Crippen molar-refractivity contribution in [2.45, 2.75) is 58.3 Å². The van der Waals surface area contributed by atoms with Crippen LogP contribution in [-0.4, -0.2) is 10.8 Å². The number of nitrogens with zero attached hydrogens (tertiary/aromatic N) is 1. The second-order valence-corrected chi connectivity index (χ2v) is 4.59. The molecule has 0 saturated heterocycles. The number of carbonyl (C=O) groups excluding carboxylic acids is 1. The molecule has 0 N–H and O–H groups in total. The van der Waals surface area contributed by atoms with Gasteiger partial charge in [-0.15, -0.1) is 0 Å². The Bertz CT molecular complexity index is 308. The third kappa shape index (κ3) is 6.88. The topological polar surface area (TPSA) is 30.0 Å². The first kappa shape index (κ1) is 13.9. The maximum atomic E-state index is 11.7. The van der Waals surface area contributed by atoms with E-state index in [1.54, 1.807) is 12.4 Å². The van der Waals surface area contributed by atoms with Crippen LogP contribution in [0.3, 0.4) is 0 Å². The minimum Gasteiger partial charge on any atom is -0.299 e. The Labute approximate surface area is 104 Å². The second kappa shape index (κ2) is 8.91. The Morgan fingerprint density at radius 3 is 2.41 bits per heavy atom. The molecule has 1 aromatic heterocycles. The van der Waals surface area contributed by atoms with Gasteiger partial charge >= 0.3 is 0 Å². The maximum absolute atomic E-state index is 11.7. The van der Waals surface area contributed by atoms with E-state index in [1.165, 1.54) is 32.1 Å². The molecule has 0 atom stereocenters. The molecule has 0 bridgehead atoms. The molecule has 2 heteroatoms. The van der Waals surface area contributed by atoms with Crippen LogP contribution in [0, 0.1) is 0 Å². The summed E-state index contributed by atoms with van der Waals surface area (Å²) in [4.78, 5) is 15.6. The summed E-state index contributed by atoms with van der Waals surface area (Å²) < 4.78 is 0. The zero-order valence-electron chi connectivity index (χ0n) is 10.8. The first-order valence-corrected chi connectivity index (χ1v) is 6.73. The van der Waals surface area contributed by atoms with Crippen molar-refractivity contribution in [2.24, 2.45) is 0 Å². The van der Waals surface area contributed by atoms with Crippen LogP contribution in [0.15, 0.2) is 24.5 Å². The van der Waals surface area contributed by atoms with Gasteiger partial charge in [-0.2, -0.15) is 0 Å². The lowest BCUT2D eigenvalue weighted by Crippen LogP contribution is -2.02. The predicted molar refractivity (Wildman–Crippen MR) is 70.9 cm³/mol. The predicted octanol–water partition coefficient (Wildman–Crippen LogP) is 3.94. The van der Waals surface area contributed by atoms with Crippen molar-refractivity contribution in [3.8, 4) is 0 Å². The molecule has 2 nitrogen and oxygen atoms in total. The molecule has 0 radical (unpaired) electrons. The Balaban J connectivity index is 2.06. The van der Waals surface area contributed by atoms with Crippen LogP contribution in [0.1, 0.15) is 57.4 Å². The van der Waals surface area contributed by atoms with Crippen LogP contribution >= 0.6 is 0 Å². The molecule has 1 aromatic rings. The summed E-state index contributed by atoms with van der Waals surface area (Å²) in [7, 11) is 0. The van der Waals surface area contributed by atoms with Crippen molar-refractivity contribution in [3.63, 3.8) is 0 Å². The number of aromatic nitrogens is 1. The number of pyridine rings is 1. The van der Waals surface area contributed by atoms with Gasteiger partial charge in [-0.3, -0.25) is 9.78 Å². The van der Waals surface area contributed by atoms with E-state index in [9.17, 15) is 4.79 Å². The molecule has 0 spiro atoms. The first-order chi connectivity index (χ1) is 8.33. The van der Waals surface area contributed by atoms with Gasteiger partial charge in [0.2, 0.25) is 0 Å². The Hall–Kier alpha value is -1.18. The van der Waals surface area contributed by atoms with Crippen LogP contribution in [0.4, 0.5) is 0 Å². The molecular weight excluding hydrogens is 210 g/mol. The van der Waals surface area contributed by atoms with E-state index in [2.05, 4.69) is 11.9 Å². The van der Waals surface area contributed by atoms with Crippen LogP contribution in [0.5, 0.6) is 0 Å². The molecule has 1 rings (SSSR count). The molecule has 0 aromatic carbocycles. The fraction of sp³-hybridized carbons (Fsp3) is 0.600. The van der Waals surface area contributed by atoms with E-state index in [-0.39, 0.29) is 0 Å². The molecular formula is C15H23NO. The fourth-order valence-electron chi connectivity index (χ4n) is 1.92. The van der Waals surface area contributed by atoms with Gasteiger partial charge in [-0.1, -0.05) is 39.0 Å². The molecule has 17 heavy (non-hydrogen) atoms.